The van der Waals surface area contributed by atoms with Crippen LogP contribution >= 0.6 is 11.6 Å². The standard InChI is InChI=1S/C15H24ClN3/c1-4-19-9-5-6-13(10-19)11(2)17-14-7-8-15(16)18-12(14)3/h7-8,11,13,17H,4-6,9-10H2,1-3H3. The molecule has 2 unspecified atom stereocenters. The summed E-state index contributed by atoms with van der Waals surface area (Å²) in [6.45, 7) is 10.1. The summed E-state index contributed by atoms with van der Waals surface area (Å²) in [5.74, 6) is 0.712. The van der Waals surface area contributed by atoms with Crippen LogP contribution in [0.5, 0.6) is 0 Å². The Kier molecular flexibility index (Phi) is 5.06. The van der Waals surface area contributed by atoms with E-state index in [0.717, 1.165) is 17.9 Å². The number of likely N-dealkylation sites (tertiary alicyclic amines) is 1. The van der Waals surface area contributed by atoms with E-state index in [1.807, 2.05) is 19.1 Å². The number of aryl methyl sites for hydroxylation is 1. The highest BCUT2D eigenvalue weighted by Gasteiger charge is 2.24. The topological polar surface area (TPSA) is 28.2 Å². The molecule has 3 nitrogen and oxygen atoms in total. The Bertz CT molecular complexity index is 422. The van der Waals surface area contributed by atoms with E-state index in [0.29, 0.717) is 17.1 Å². The van der Waals surface area contributed by atoms with Gasteiger partial charge in [-0.05, 0) is 57.8 Å². The fraction of sp³-hybridized carbons (Fsp3) is 0.667. The van der Waals surface area contributed by atoms with Crippen molar-refractivity contribution in [2.45, 2.75) is 39.7 Å². The van der Waals surface area contributed by atoms with Gasteiger partial charge in [0.25, 0.3) is 0 Å². The third-order valence-electron chi connectivity index (χ3n) is 4.13. The smallest absolute Gasteiger partial charge is 0.129 e. The number of aromatic nitrogens is 1. The molecule has 1 saturated heterocycles. The first-order valence-corrected chi connectivity index (χ1v) is 7.60. The summed E-state index contributed by atoms with van der Waals surface area (Å²) < 4.78 is 0. The zero-order valence-electron chi connectivity index (χ0n) is 12.1. The van der Waals surface area contributed by atoms with Gasteiger partial charge in [0.05, 0.1) is 11.4 Å². The Labute approximate surface area is 121 Å². The summed E-state index contributed by atoms with van der Waals surface area (Å²) in [5, 5.41) is 4.16. The molecule has 4 heteroatoms. The van der Waals surface area contributed by atoms with Crippen LogP contribution in [0.25, 0.3) is 0 Å². The summed E-state index contributed by atoms with van der Waals surface area (Å²) in [7, 11) is 0. The maximum absolute atomic E-state index is 5.89. The second kappa shape index (κ2) is 6.58. The molecule has 1 aliphatic heterocycles. The number of hydrogen-bond donors (Lipinski definition) is 1. The zero-order chi connectivity index (χ0) is 13.8. The highest BCUT2D eigenvalue weighted by molar-refractivity contribution is 6.29. The van der Waals surface area contributed by atoms with Crippen LogP contribution < -0.4 is 5.32 Å². The Balaban J connectivity index is 1.98. The van der Waals surface area contributed by atoms with Crippen molar-refractivity contribution in [1.29, 1.82) is 0 Å². The first-order chi connectivity index (χ1) is 9.10. The molecule has 0 aliphatic carbocycles. The number of nitrogens with zero attached hydrogens (tertiary/aromatic N) is 2. The van der Waals surface area contributed by atoms with E-state index in [1.165, 1.54) is 25.9 Å². The minimum atomic E-state index is 0.469. The molecule has 0 bridgehead atoms. The minimum absolute atomic E-state index is 0.469. The average Bonchev–Trinajstić information content (AvgIpc) is 2.42. The maximum Gasteiger partial charge on any atom is 0.129 e. The lowest BCUT2D eigenvalue weighted by Crippen LogP contribution is -2.41. The number of hydrogen-bond acceptors (Lipinski definition) is 3. The molecule has 1 aliphatic rings. The predicted molar refractivity (Wildman–Crippen MR) is 81.9 cm³/mol. The second-order valence-electron chi connectivity index (χ2n) is 5.50. The van der Waals surface area contributed by atoms with Gasteiger partial charge >= 0.3 is 0 Å². The van der Waals surface area contributed by atoms with Gasteiger partial charge < -0.3 is 10.2 Å². The fourth-order valence-electron chi connectivity index (χ4n) is 2.83. The molecule has 0 saturated carbocycles. The van der Waals surface area contributed by atoms with Crippen LogP contribution in [0.15, 0.2) is 12.1 Å². The van der Waals surface area contributed by atoms with Crippen molar-refractivity contribution >= 4 is 17.3 Å². The minimum Gasteiger partial charge on any atom is -0.381 e. The van der Waals surface area contributed by atoms with Crippen molar-refractivity contribution < 1.29 is 0 Å². The molecule has 0 aromatic carbocycles. The van der Waals surface area contributed by atoms with E-state index >= 15 is 0 Å². The van der Waals surface area contributed by atoms with E-state index < -0.39 is 0 Å². The number of pyridine rings is 1. The van der Waals surface area contributed by atoms with Crippen molar-refractivity contribution in [3.8, 4) is 0 Å². The van der Waals surface area contributed by atoms with Crippen LogP contribution in [0, 0.1) is 12.8 Å². The molecule has 106 valence electrons. The molecule has 1 fully saturated rings. The quantitative estimate of drug-likeness (QED) is 0.855. The fourth-order valence-corrected chi connectivity index (χ4v) is 3.02. The number of nitrogens with one attached hydrogen (secondary N) is 1. The van der Waals surface area contributed by atoms with Gasteiger partial charge in [0.2, 0.25) is 0 Å². The molecule has 1 aromatic rings. The maximum atomic E-state index is 5.89. The summed E-state index contributed by atoms with van der Waals surface area (Å²) in [6, 6.07) is 4.35. The highest BCUT2D eigenvalue weighted by Crippen LogP contribution is 2.24. The van der Waals surface area contributed by atoms with Crippen molar-refractivity contribution in [3.05, 3.63) is 23.0 Å². The van der Waals surface area contributed by atoms with Crippen LogP contribution in [0.2, 0.25) is 5.15 Å². The molecule has 0 radical (unpaired) electrons. The Morgan fingerprint density at radius 1 is 1.53 bits per heavy atom. The van der Waals surface area contributed by atoms with Crippen molar-refractivity contribution in [3.63, 3.8) is 0 Å². The van der Waals surface area contributed by atoms with Crippen LogP contribution in [-0.4, -0.2) is 35.6 Å². The van der Waals surface area contributed by atoms with Gasteiger partial charge in [0, 0.05) is 12.6 Å². The monoisotopic (exact) mass is 281 g/mol. The van der Waals surface area contributed by atoms with Crippen LogP contribution in [-0.2, 0) is 0 Å². The van der Waals surface area contributed by atoms with Crippen LogP contribution in [0.1, 0.15) is 32.4 Å². The largest absolute Gasteiger partial charge is 0.381 e. The van der Waals surface area contributed by atoms with Gasteiger partial charge in [-0.1, -0.05) is 18.5 Å². The number of halogens is 1. The summed E-state index contributed by atoms with van der Waals surface area (Å²) in [4.78, 5) is 6.84. The van der Waals surface area contributed by atoms with E-state index in [9.17, 15) is 0 Å². The van der Waals surface area contributed by atoms with Gasteiger partial charge in [0.15, 0.2) is 0 Å². The average molecular weight is 282 g/mol. The Morgan fingerprint density at radius 3 is 3.00 bits per heavy atom. The predicted octanol–water partition coefficient (Wildman–Crippen LogP) is 3.58. The molecule has 19 heavy (non-hydrogen) atoms. The van der Waals surface area contributed by atoms with E-state index in [4.69, 9.17) is 11.6 Å². The van der Waals surface area contributed by atoms with Crippen LogP contribution in [0.3, 0.4) is 0 Å². The molecule has 2 rings (SSSR count). The number of anilines is 1. The lowest BCUT2D eigenvalue weighted by atomic mass is 9.91. The van der Waals surface area contributed by atoms with Gasteiger partial charge in [-0.15, -0.1) is 0 Å². The summed E-state index contributed by atoms with van der Waals surface area (Å²) in [5.41, 5.74) is 2.08. The third kappa shape index (κ3) is 3.83. The molecule has 0 spiro atoms. The third-order valence-corrected chi connectivity index (χ3v) is 4.34. The molecule has 1 aromatic heterocycles. The Hall–Kier alpha value is -0.800. The molecule has 2 atom stereocenters. The lowest BCUT2D eigenvalue weighted by Gasteiger charge is -2.35. The zero-order valence-corrected chi connectivity index (χ0v) is 12.9. The summed E-state index contributed by atoms with van der Waals surface area (Å²) in [6.07, 6.45) is 2.62. The molecular formula is C15H24ClN3. The van der Waals surface area contributed by atoms with Crippen molar-refractivity contribution in [1.82, 2.24) is 9.88 Å². The first-order valence-electron chi connectivity index (χ1n) is 7.22. The highest BCUT2D eigenvalue weighted by atomic mass is 35.5. The molecule has 2 heterocycles. The number of piperidine rings is 1. The van der Waals surface area contributed by atoms with E-state index in [-0.39, 0.29) is 0 Å². The van der Waals surface area contributed by atoms with Crippen molar-refractivity contribution in [2.24, 2.45) is 5.92 Å². The number of rotatable bonds is 4. The van der Waals surface area contributed by atoms with Gasteiger partial charge in [-0.3, -0.25) is 0 Å². The first kappa shape index (κ1) is 14.6. The normalized spacial score (nSPS) is 22.2. The second-order valence-corrected chi connectivity index (χ2v) is 5.88. The SMILES string of the molecule is CCN1CCCC(C(C)Nc2ccc(Cl)nc2C)C1. The van der Waals surface area contributed by atoms with Gasteiger partial charge in [-0.25, -0.2) is 4.98 Å². The molecule has 0 amide bonds. The molecular weight excluding hydrogens is 258 g/mol. The van der Waals surface area contributed by atoms with Gasteiger partial charge in [-0.2, -0.15) is 0 Å². The molecule has 1 N–H and O–H groups in total. The summed E-state index contributed by atoms with van der Waals surface area (Å²) >= 11 is 5.89. The van der Waals surface area contributed by atoms with Crippen LogP contribution in [0.4, 0.5) is 5.69 Å². The van der Waals surface area contributed by atoms with Gasteiger partial charge in [0.1, 0.15) is 5.15 Å². The Morgan fingerprint density at radius 2 is 2.32 bits per heavy atom. The lowest BCUT2D eigenvalue weighted by molar-refractivity contribution is 0.172. The van der Waals surface area contributed by atoms with Crippen molar-refractivity contribution in [2.75, 3.05) is 25.0 Å². The van der Waals surface area contributed by atoms with E-state index in [2.05, 4.69) is 29.0 Å². The van der Waals surface area contributed by atoms with E-state index in [1.54, 1.807) is 0 Å².